The van der Waals surface area contributed by atoms with E-state index in [1.165, 1.54) is 11.8 Å². The quantitative estimate of drug-likeness (QED) is 0.596. The minimum atomic E-state index is -1.12. The van der Waals surface area contributed by atoms with Crippen LogP contribution in [-0.2, 0) is 19.1 Å². The van der Waals surface area contributed by atoms with E-state index in [9.17, 15) is 24.3 Å². The van der Waals surface area contributed by atoms with Crippen molar-refractivity contribution in [3.63, 3.8) is 0 Å². The van der Waals surface area contributed by atoms with Crippen LogP contribution in [0.2, 0.25) is 0 Å². The Kier molecular flexibility index (Phi) is 8.26. The van der Waals surface area contributed by atoms with E-state index in [1.807, 2.05) is 6.92 Å². The summed E-state index contributed by atoms with van der Waals surface area (Å²) in [5.41, 5.74) is -0.671. The first-order chi connectivity index (χ1) is 12.9. The number of carbonyl (C=O) groups is 4. The molecule has 0 aromatic heterocycles. The zero-order valence-electron chi connectivity index (χ0n) is 17.6. The normalized spacial score (nSPS) is 20.1. The summed E-state index contributed by atoms with van der Waals surface area (Å²) in [6, 6.07) is -2.67. The van der Waals surface area contributed by atoms with Gasteiger partial charge in [-0.25, -0.2) is 9.59 Å². The molecule has 9 nitrogen and oxygen atoms in total. The number of aliphatic carboxylic acids is 1. The molecule has 9 heteroatoms. The van der Waals surface area contributed by atoms with Crippen molar-refractivity contribution in [1.29, 1.82) is 0 Å². The molecule has 1 heterocycles. The van der Waals surface area contributed by atoms with E-state index in [2.05, 4.69) is 10.6 Å². The van der Waals surface area contributed by atoms with Crippen molar-refractivity contribution in [2.45, 2.75) is 84.5 Å². The van der Waals surface area contributed by atoms with Crippen molar-refractivity contribution < 1.29 is 29.0 Å². The number of likely N-dealkylation sites (tertiary alicyclic amines) is 1. The standard InChI is InChI=1S/C19H33N3O6/c1-7-11(2)14(17(25)26)21-15(23)12(3)20-16(24)13-9-8-10-22(13)18(27)28-19(4,5)6/h11-14H,7-10H2,1-6H3,(H,20,24)(H,21,23)(H,25,26)/t11-,12-,13-,14-/m0/s1. The number of carboxylic acid groups (broad SMARTS) is 1. The Hall–Kier alpha value is -2.32. The minimum absolute atomic E-state index is 0.248. The lowest BCUT2D eigenvalue weighted by atomic mass is 9.99. The number of ether oxygens (including phenoxy) is 1. The molecule has 0 radical (unpaired) electrons. The fourth-order valence-electron chi connectivity index (χ4n) is 2.91. The number of amides is 3. The lowest BCUT2D eigenvalue weighted by Gasteiger charge is -2.29. The van der Waals surface area contributed by atoms with Gasteiger partial charge in [0.05, 0.1) is 0 Å². The van der Waals surface area contributed by atoms with Gasteiger partial charge in [-0.15, -0.1) is 0 Å². The van der Waals surface area contributed by atoms with Crippen LogP contribution in [0.3, 0.4) is 0 Å². The molecular weight excluding hydrogens is 366 g/mol. The molecule has 0 saturated carbocycles. The summed E-state index contributed by atoms with van der Waals surface area (Å²) < 4.78 is 5.33. The topological polar surface area (TPSA) is 125 Å². The van der Waals surface area contributed by atoms with Gasteiger partial charge in [0.2, 0.25) is 11.8 Å². The third-order valence-electron chi connectivity index (χ3n) is 4.71. The summed E-state index contributed by atoms with van der Waals surface area (Å²) in [6.07, 6.45) is 1.16. The molecule has 0 bridgehead atoms. The van der Waals surface area contributed by atoms with Crippen LogP contribution in [0, 0.1) is 5.92 Å². The molecule has 0 aromatic carbocycles. The Morgan fingerprint density at radius 3 is 2.29 bits per heavy atom. The molecule has 1 aliphatic rings. The SMILES string of the molecule is CC[C@H](C)[C@H](NC(=O)[C@H](C)NC(=O)[C@@H]1CCCN1C(=O)OC(C)(C)C)C(=O)O. The molecular formula is C19H33N3O6. The molecule has 1 fully saturated rings. The molecule has 0 unspecified atom stereocenters. The van der Waals surface area contributed by atoms with Crippen LogP contribution in [0.25, 0.3) is 0 Å². The van der Waals surface area contributed by atoms with Crippen LogP contribution >= 0.6 is 0 Å². The van der Waals surface area contributed by atoms with E-state index < -0.39 is 47.6 Å². The Morgan fingerprint density at radius 2 is 1.79 bits per heavy atom. The second-order valence-corrected chi connectivity index (χ2v) is 8.27. The van der Waals surface area contributed by atoms with Gasteiger partial charge >= 0.3 is 12.1 Å². The maximum absolute atomic E-state index is 12.6. The molecule has 1 rings (SSSR count). The third kappa shape index (κ3) is 6.69. The van der Waals surface area contributed by atoms with Gasteiger partial charge in [0.15, 0.2) is 0 Å². The first-order valence-electron chi connectivity index (χ1n) is 9.70. The highest BCUT2D eigenvalue weighted by Crippen LogP contribution is 2.21. The zero-order valence-corrected chi connectivity index (χ0v) is 17.6. The van der Waals surface area contributed by atoms with E-state index in [1.54, 1.807) is 27.7 Å². The van der Waals surface area contributed by atoms with Gasteiger partial charge in [0.25, 0.3) is 0 Å². The number of carbonyl (C=O) groups excluding carboxylic acids is 3. The summed E-state index contributed by atoms with van der Waals surface area (Å²) in [5, 5.41) is 14.3. The lowest BCUT2D eigenvalue weighted by molar-refractivity contribution is -0.143. The molecule has 3 amide bonds. The van der Waals surface area contributed by atoms with Crippen molar-refractivity contribution >= 4 is 23.9 Å². The van der Waals surface area contributed by atoms with Crippen LogP contribution in [-0.4, -0.2) is 64.2 Å². The van der Waals surface area contributed by atoms with E-state index >= 15 is 0 Å². The van der Waals surface area contributed by atoms with Gasteiger partial charge < -0.3 is 20.5 Å². The van der Waals surface area contributed by atoms with E-state index in [0.29, 0.717) is 25.8 Å². The molecule has 0 aromatic rings. The summed E-state index contributed by atoms with van der Waals surface area (Å²) >= 11 is 0. The molecule has 1 aliphatic heterocycles. The fourth-order valence-corrected chi connectivity index (χ4v) is 2.91. The maximum Gasteiger partial charge on any atom is 0.410 e. The summed E-state index contributed by atoms with van der Waals surface area (Å²) in [4.78, 5) is 50.0. The smallest absolute Gasteiger partial charge is 0.410 e. The van der Waals surface area contributed by atoms with E-state index in [-0.39, 0.29) is 5.92 Å². The second-order valence-electron chi connectivity index (χ2n) is 8.27. The molecule has 1 saturated heterocycles. The van der Waals surface area contributed by atoms with Crippen molar-refractivity contribution in [1.82, 2.24) is 15.5 Å². The summed E-state index contributed by atoms with van der Waals surface area (Å²) in [7, 11) is 0. The van der Waals surface area contributed by atoms with Gasteiger partial charge in [0, 0.05) is 6.54 Å². The number of hydrogen-bond acceptors (Lipinski definition) is 5. The van der Waals surface area contributed by atoms with E-state index in [4.69, 9.17) is 4.74 Å². The molecule has 3 N–H and O–H groups in total. The van der Waals surface area contributed by atoms with Gasteiger partial charge in [0.1, 0.15) is 23.7 Å². The highest BCUT2D eigenvalue weighted by Gasteiger charge is 2.37. The van der Waals surface area contributed by atoms with Crippen LogP contribution in [0.4, 0.5) is 4.79 Å². The Balaban J connectivity index is 2.70. The number of rotatable bonds is 7. The Labute approximate surface area is 166 Å². The fraction of sp³-hybridized carbons (Fsp3) is 0.789. The van der Waals surface area contributed by atoms with Crippen LogP contribution in [0.5, 0.6) is 0 Å². The Morgan fingerprint density at radius 1 is 1.18 bits per heavy atom. The third-order valence-corrected chi connectivity index (χ3v) is 4.71. The van der Waals surface area contributed by atoms with Crippen molar-refractivity contribution in [3.8, 4) is 0 Å². The molecule has 0 aliphatic carbocycles. The minimum Gasteiger partial charge on any atom is -0.480 e. The first kappa shape index (κ1) is 23.7. The van der Waals surface area contributed by atoms with Crippen LogP contribution in [0.1, 0.15) is 60.8 Å². The monoisotopic (exact) mass is 399 g/mol. The van der Waals surface area contributed by atoms with E-state index in [0.717, 1.165) is 0 Å². The zero-order chi connectivity index (χ0) is 21.6. The molecule has 0 spiro atoms. The highest BCUT2D eigenvalue weighted by molar-refractivity contribution is 5.92. The summed E-state index contributed by atoms with van der Waals surface area (Å²) in [6.45, 7) is 10.7. The van der Waals surface area contributed by atoms with Crippen LogP contribution in [0.15, 0.2) is 0 Å². The lowest BCUT2D eigenvalue weighted by Crippen LogP contribution is -2.55. The molecule has 160 valence electrons. The number of hydrogen-bond donors (Lipinski definition) is 3. The predicted octanol–water partition coefficient (Wildman–Crippen LogP) is 1.51. The van der Waals surface area contributed by atoms with Crippen molar-refractivity contribution in [2.75, 3.05) is 6.54 Å². The first-order valence-corrected chi connectivity index (χ1v) is 9.70. The molecule has 4 atom stereocenters. The van der Waals surface area contributed by atoms with Crippen molar-refractivity contribution in [2.24, 2.45) is 5.92 Å². The predicted molar refractivity (Wildman–Crippen MR) is 103 cm³/mol. The number of nitrogens with one attached hydrogen (secondary N) is 2. The average molecular weight is 399 g/mol. The Bertz CT molecular complexity index is 601. The van der Waals surface area contributed by atoms with Gasteiger partial charge in [-0.1, -0.05) is 20.3 Å². The highest BCUT2D eigenvalue weighted by atomic mass is 16.6. The van der Waals surface area contributed by atoms with Gasteiger partial charge in [-0.3, -0.25) is 14.5 Å². The van der Waals surface area contributed by atoms with Crippen molar-refractivity contribution in [3.05, 3.63) is 0 Å². The second kappa shape index (κ2) is 9.75. The molecule has 28 heavy (non-hydrogen) atoms. The largest absolute Gasteiger partial charge is 0.480 e. The van der Waals surface area contributed by atoms with Gasteiger partial charge in [-0.2, -0.15) is 0 Å². The number of carboxylic acids is 1. The van der Waals surface area contributed by atoms with Crippen LogP contribution < -0.4 is 10.6 Å². The number of nitrogens with zero attached hydrogens (tertiary/aromatic N) is 1. The summed E-state index contributed by atoms with van der Waals surface area (Å²) in [5.74, 6) is -2.40. The average Bonchev–Trinajstić information content (AvgIpc) is 3.06. The maximum atomic E-state index is 12.6. The van der Waals surface area contributed by atoms with Gasteiger partial charge in [-0.05, 0) is 46.5 Å².